The third kappa shape index (κ3) is 2.32. The van der Waals surface area contributed by atoms with Crippen LogP contribution in [0, 0.1) is 21.8 Å². The fourth-order valence-electron chi connectivity index (χ4n) is 1.92. The minimum Gasteiger partial charge on any atom is -0.465 e. The smallest absolute Gasteiger partial charge is 0.341 e. The number of rotatable bonds is 4. The predicted octanol–water partition coefficient (Wildman–Crippen LogP) is 2.47. The quantitative estimate of drug-likeness (QED) is 0.469. The molecule has 1 fully saturated rings. The van der Waals surface area contributed by atoms with Gasteiger partial charge in [0.15, 0.2) is 0 Å². The second-order valence-corrected chi connectivity index (χ2v) is 4.32. The molecule has 5 nitrogen and oxygen atoms in total. The lowest BCUT2D eigenvalue weighted by Crippen LogP contribution is -2.11. The summed E-state index contributed by atoms with van der Waals surface area (Å²) < 4.78 is 18.2. The molecule has 0 N–H and O–H groups in total. The minimum atomic E-state index is -0.869. The summed E-state index contributed by atoms with van der Waals surface area (Å²) >= 11 is 0. The monoisotopic (exact) mass is 253 g/mol. The van der Waals surface area contributed by atoms with Crippen LogP contribution in [0.1, 0.15) is 28.8 Å². The number of nitro benzene ring substituents is 1. The summed E-state index contributed by atoms with van der Waals surface area (Å²) in [4.78, 5) is 21.9. The molecule has 0 aliphatic heterocycles. The van der Waals surface area contributed by atoms with Crippen molar-refractivity contribution in [1.82, 2.24) is 0 Å². The number of ether oxygens (including phenoxy) is 1. The Kier molecular flexibility index (Phi) is 3.27. The van der Waals surface area contributed by atoms with Gasteiger partial charge in [0.1, 0.15) is 11.4 Å². The first-order chi connectivity index (χ1) is 8.54. The van der Waals surface area contributed by atoms with Gasteiger partial charge in [0.05, 0.1) is 12.0 Å². The lowest BCUT2D eigenvalue weighted by Gasteiger charge is -2.09. The fourth-order valence-corrected chi connectivity index (χ4v) is 1.92. The molecule has 18 heavy (non-hydrogen) atoms. The summed E-state index contributed by atoms with van der Waals surface area (Å²) in [6, 6.07) is 2.03. The first-order valence-corrected chi connectivity index (χ1v) is 5.58. The molecule has 96 valence electrons. The van der Waals surface area contributed by atoms with Crippen LogP contribution in [0.3, 0.4) is 0 Å². The van der Waals surface area contributed by atoms with Crippen molar-refractivity contribution in [3.05, 3.63) is 39.2 Å². The van der Waals surface area contributed by atoms with Gasteiger partial charge in [-0.1, -0.05) is 0 Å². The molecule has 0 saturated heterocycles. The van der Waals surface area contributed by atoms with E-state index in [0.29, 0.717) is 12.3 Å². The number of hydrogen-bond acceptors (Lipinski definition) is 4. The van der Waals surface area contributed by atoms with Crippen molar-refractivity contribution in [3.8, 4) is 0 Å². The topological polar surface area (TPSA) is 69.4 Å². The zero-order chi connectivity index (χ0) is 13.3. The van der Waals surface area contributed by atoms with Crippen molar-refractivity contribution in [2.24, 2.45) is 5.92 Å². The number of carbonyl (C=O) groups is 1. The van der Waals surface area contributed by atoms with Crippen molar-refractivity contribution >= 4 is 11.7 Å². The Morgan fingerprint density at radius 2 is 2.22 bits per heavy atom. The number of methoxy groups -OCH3 is 1. The maximum Gasteiger partial charge on any atom is 0.341 e. The second kappa shape index (κ2) is 4.72. The van der Waals surface area contributed by atoms with Gasteiger partial charge in [-0.05, 0) is 31.2 Å². The lowest BCUT2D eigenvalue weighted by atomic mass is 9.99. The van der Waals surface area contributed by atoms with Gasteiger partial charge < -0.3 is 4.74 Å². The van der Waals surface area contributed by atoms with Crippen LogP contribution in [-0.2, 0) is 11.2 Å². The first-order valence-electron chi connectivity index (χ1n) is 5.58. The summed E-state index contributed by atoms with van der Waals surface area (Å²) in [7, 11) is 1.13. The van der Waals surface area contributed by atoms with Crippen molar-refractivity contribution in [1.29, 1.82) is 0 Å². The molecule has 0 bridgehead atoms. The highest BCUT2D eigenvalue weighted by atomic mass is 19.1. The van der Waals surface area contributed by atoms with Gasteiger partial charge in [-0.3, -0.25) is 10.1 Å². The maximum absolute atomic E-state index is 13.7. The molecule has 0 spiro atoms. The van der Waals surface area contributed by atoms with Gasteiger partial charge in [0.25, 0.3) is 5.69 Å². The fraction of sp³-hybridized carbons (Fsp3) is 0.417. The molecule has 0 radical (unpaired) electrons. The standard InChI is InChI=1S/C12H12FNO4/c1-18-12(15)11-8(6-7-2-3-7)10(14(16)17)5-4-9(11)13/h4-5,7H,2-3,6H2,1H3. The Morgan fingerprint density at radius 1 is 1.56 bits per heavy atom. The van der Waals surface area contributed by atoms with Gasteiger partial charge in [-0.2, -0.15) is 0 Å². The van der Waals surface area contributed by atoms with Crippen LogP contribution in [0.15, 0.2) is 12.1 Å². The van der Waals surface area contributed by atoms with E-state index in [9.17, 15) is 19.3 Å². The molecular formula is C12H12FNO4. The second-order valence-electron chi connectivity index (χ2n) is 4.32. The zero-order valence-corrected chi connectivity index (χ0v) is 9.81. The lowest BCUT2D eigenvalue weighted by molar-refractivity contribution is -0.385. The molecule has 1 aliphatic rings. The SMILES string of the molecule is COC(=O)c1c(F)ccc([N+](=O)[O-])c1CC1CC1. The van der Waals surface area contributed by atoms with Crippen molar-refractivity contribution in [2.45, 2.75) is 19.3 Å². The highest BCUT2D eigenvalue weighted by Crippen LogP contribution is 2.37. The van der Waals surface area contributed by atoms with Crippen LogP contribution in [0.4, 0.5) is 10.1 Å². The van der Waals surface area contributed by atoms with E-state index in [1.165, 1.54) is 0 Å². The third-order valence-corrected chi connectivity index (χ3v) is 3.01. The summed E-state index contributed by atoms with van der Waals surface area (Å²) in [5, 5.41) is 10.9. The van der Waals surface area contributed by atoms with E-state index in [0.717, 1.165) is 32.1 Å². The normalized spacial score (nSPS) is 14.3. The molecule has 2 rings (SSSR count). The maximum atomic E-state index is 13.7. The van der Waals surface area contributed by atoms with E-state index in [2.05, 4.69) is 4.74 Å². The molecule has 0 amide bonds. The molecule has 0 atom stereocenters. The third-order valence-electron chi connectivity index (χ3n) is 3.01. The molecule has 1 saturated carbocycles. The van der Waals surface area contributed by atoms with E-state index < -0.39 is 16.7 Å². The molecule has 1 aromatic carbocycles. The van der Waals surface area contributed by atoms with Crippen molar-refractivity contribution in [2.75, 3.05) is 7.11 Å². The summed E-state index contributed by atoms with van der Waals surface area (Å²) in [5.74, 6) is -1.34. The number of halogens is 1. The van der Waals surface area contributed by atoms with Crippen LogP contribution in [0.25, 0.3) is 0 Å². The zero-order valence-electron chi connectivity index (χ0n) is 9.81. The summed E-state index contributed by atoms with van der Waals surface area (Å²) in [6.07, 6.45) is 2.25. The highest BCUT2D eigenvalue weighted by molar-refractivity contribution is 5.92. The molecule has 1 aliphatic carbocycles. The number of nitrogens with zero attached hydrogens (tertiary/aromatic N) is 1. The number of carbonyl (C=O) groups excluding carboxylic acids is 1. The number of nitro groups is 1. The van der Waals surface area contributed by atoms with Gasteiger partial charge in [-0.25, -0.2) is 9.18 Å². The molecule has 1 aromatic rings. The Bertz CT molecular complexity index is 511. The molecule has 0 heterocycles. The molecule has 6 heteroatoms. The Labute approximate surface area is 103 Å². The van der Waals surface area contributed by atoms with E-state index in [-0.39, 0.29) is 16.8 Å². The largest absolute Gasteiger partial charge is 0.465 e. The van der Waals surface area contributed by atoms with Crippen LogP contribution < -0.4 is 0 Å². The van der Waals surface area contributed by atoms with Gasteiger partial charge in [-0.15, -0.1) is 0 Å². The van der Waals surface area contributed by atoms with E-state index in [1.54, 1.807) is 0 Å². The van der Waals surface area contributed by atoms with E-state index in [4.69, 9.17) is 0 Å². The van der Waals surface area contributed by atoms with Crippen molar-refractivity contribution in [3.63, 3.8) is 0 Å². The van der Waals surface area contributed by atoms with E-state index >= 15 is 0 Å². The predicted molar refractivity (Wildman–Crippen MR) is 60.8 cm³/mol. The molecule has 0 aromatic heterocycles. The van der Waals surface area contributed by atoms with Crippen LogP contribution >= 0.6 is 0 Å². The average Bonchev–Trinajstić information content (AvgIpc) is 3.12. The van der Waals surface area contributed by atoms with Crippen LogP contribution in [0.2, 0.25) is 0 Å². The molecule has 0 unspecified atom stereocenters. The van der Waals surface area contributed by atoms with Crippen LogP contribution in [-0.4, -0.2) is 18.0 Å². The highest BCUT2D eigenvalue weighted by Gasteiger charge is 2.31. The number of hydrogen-bond donors (Lipinski definition) is 0. The molecular weight excluding hydrogens is 241 g/mol. The number of benzene rings is 1. The number of esters is 1. The van der Waals surface area contributed by atoms with E-state index in [1.807, 2.05) is 0 Å². The van der Waals surface area contributed by atoms with Crippen molar-refractivity contribution < 1.29 is 18.8 Å². The van der Waals surface area contributed by atoms with Gasteiger partial charge >= 0.3 is 5.97 Å². The Morgan fingerprint density at radius 3 is 2.72 bits per heavy atom. The average molecular weight is 253 g/mol. The minimum absolute atomic E-state index is 0.148. The van der Waals surface area contributed by atoms with Gasteiger partial charge in [0, 0.05) is 11.6 Å². The van der Waals surface area contributed by atoms with Gasteiger partial charge in [0.2, 0.25) is 0 Å². The Hall–Kier alpha value is -1.98. The first kappa shape index (κ1) is 12.5. The Balaban J connectivity index is 2.55. The summed E-state index contributed by atoms with van der Waals surface area (Å²) in [5.41, 5.74) is -0.378. The summed E-state index contributed by atoms with van der Waals surface area (Å²) in [6.45, 7) is 0. The van der Waals surface area contributed by atoms with Crippen LogP contribution in [0.5, 0.6) is 0 Å².